The van der Waals surface area contributed by atoms with E-state index in [9.17, 15) is 9.59 Å². The molecule has 6 nitrogen and oxygen atoms in total. The smallest absolute Gasteiger partial charge is 0.410 e. The summed E-state index contributed by atoms with van der Waals surface area (Å²) in [7, 11) is 0. The Hall–Kier alpha value is -3.02. The maximum absolute atomic E-state index is 12.6. The van der Waals surface area contributed by atoms with Crippen LogP contribution in [0.1, 0.15) is 37.5 Å². The second kappa shape index (κ2) is 8.01. The van der Waals surface area contributed by atoms with Crippen molar-refractivity contribution < 1.29 is 19.1 Å². The van der Waals surface area contributed by atoms with Gasteiger partial charge in [0.2, 0.25) is 0 Å². The molecule has 0 aliphatic carbocycles. The fourth-order valence-corrected chi connectivity index (χ4v) is 3.87. The van der Waals surface area contributed by atoms with Crippen LogP contribution in [0.25, 0.3) is 0 Å². The molecule has 2 aliphatic heterocycles. The molecule has 0 unspecified atom stereocenters. The molecular weight excluding hydrogens is 380 g/mol. The van der Waals surface area contributed by atoms with E-state index in [1.807, 2.05) is 57.2 Å². The summed E-state index contributed by atoms with van der Waals surface area (Å²) in [6, 6.07) is 14.0. The highest BCUT2D eigenvalue weighted by molar-refractivity contribution is 5.98. The molecule has 0 fully saturated rings. The van der Waals surface area contributed by atoms with Gasteiger partial charge in [0.05, 0.1) is 12.2 Å². The SMILES string of the molecule is CC(C)(C)OC(=O)N1CCc2cc3c(cc2CC1)N(Cc1ccccc1)C(=O)CO3. The van der Waals surface area contributed by atoms with Gasteiger partial charge < -0.3 is 19.3 Å². The Morgan fingerprint density at radius 1 is 1.07 bits per heavy atom. The molecule has 0 atom stereocenters. The van der Waals surface area contributed by atoms with Gasteiger partial charge in [0.1, 0.15) is 11.4 Å². The number of anilines is 1. The van der Waals surface area contributed by atoms with Crippen molar-refractivity contribution >= 4 is 17.7 Å². The van der Waals surface area contributed by atoms with Crippen molar-refractivity contribution in [3.05, 3.63) is 59.2 Å². The van der Waals surface area contributed by atoms with E-state index in [0.29, 0.717) is 19.6 Å². The molecule has 0 saturated heterocycles. The standard InChI is InChI=1S/C24H28N2O4/c1-24(2,3)30-23(28)25-11-9-18-13-20-21(14-19(18)10-12-25)29-16-22(27)26(20)15-17-7-5-4-6-8-17/h4-8,13-14H,9-12,15-16H2,1-3H3. The summed E-state index contributed by atoms with van der Waals surface area (Å²) in [6.45, 7) is 7.38. The molecule has 158 valence electrons. The lowest BCUT2D eigenvalue weighted by atomic mass is 10.00. The van der Waals surface area contributed by atoms with E-state index >= 15 is 0 Å². The first kappa shape index (κ1) is 20.3. The predicted octanol–water partition coefficient (Wildman–Crippen LogP) is 3.95. The van der Waals surface area contributed by atoms with Gasteiger partial charge in [-0.25, -0.2) is 4.79 Å². The number of carbonyl (C=O) groups excluding carboxylic acids is 2. The molecule has 2 amide bonds. The topological polar surface area (TPSA) is 59.1 Å². The van der Waals surface area contributed by atoms with Crippen LogP contribution in [0, 0.1) is 0 Å². The van der Waals surface area contributed by atoms with Gasteiger partial charge in [-0.05, 0) is 62.4 Å². The monoisotopic (exact) mass is 408 g/mol. The van der Waals surface area contributed by atoms with Crippen LogP contribution in [0.3, 0.4) is 0 Å². The van der Waals surface area contributed by atoms with Crippen molar-refractivity contribution in [1.29, 1.82) is 0 Å². The van der Waals surface area contributed by atoms with Crippen molar-refractivity contribution in [2.24, 2.45) is 0 Å². The minimum absolute atomic E-state index is 0.0443. The molecular formula is C24H28N2O4. The third kappa shape index (κ3) is 4.42. The van der Waals surface area contributed by atoms with E-state index in [0.717, 1.165) is 41.0 Å². The van der Waals surface area contributed by atoms with Crippen molar-refractivity contribution in [3.63, 3.8) is 0 Å². The quantitative estimate of drug-likeness (QED) is 0.755. The minimum atomic E-state index is -0.512. The number of hydrogen-bond acceptors (Lipinski definition) is 4. The second-order valence-electron chi connectivity index (χ2n) is 8.81. The Labute approximate surface area is 177 Å². The Bertz CT molecular complexity index is 950. The molecule has 2 aromatic rings. The molecule has 2 aromatic carbocycles. The molecule has 6 heteroatoms. The Balaban J connectivity index is 1.57. The van der Waals surface area contributed by atoms with Gasteiger partial charge in [0.25, 0.3) is 5.91 Å². The number of nitrogens with zero attached hydrogens (tertiary/aromatic N) is 2. The number of ether oxygens (including phenoxy) is 2. The van der Waals surface area contributed by atoms with Crippen LogP contribution < -0.4 is 9.64 Å². The van der Waals surface area contributed by atoms with Crippen LogP contribution in [0.4, 0.5) is 10.5 Å². The van der Waals surface area contributed by atoms with Crippen LogP contribution >= 0.6 is 0 Å². The average Bonchev–Trinajstić information content (AvgIpc) is 2.90. The van der Waals surface area contributed by atoms with E-state index in [1.165, 1.54) is 0 Å². The summed E-state index contributed by atoms with van der Waals surface area (Å²) in [5.74, 6) is 0.685. The van der Waals surface area contributed by atoms with Crippen molar-refractivity contribution in [2.45, 2.75) is 45.8 Å². The van der Waals surface area contributed by atoms with Crippen LogP contribution in [-0.4, -0.2) is 42.2 Å². The third-order valence-electron chi connectivity index (χ3n) is 5.36. The molecule has 0 bridgehead atoms. The van der Waals surface area contributed by atoms with E-state index in [1.54, 1.807) is 9.80 Å². The van der Waals surface area contributed by atoms with Gasteiger partial charge >= 0.3 is 6.09 Å². The summed E-state index contributed by atoms with van der Waals surface area (Å²) in [5, 5.41) is 0. The fourth-order valence-electron chi connectivity index (χ4n) is 3.87. The van der Waals surface area contributed by atoms with Crippen LogP contribution in [-0.2, 0) is 28.9 Å². The molecule has 0 spiro atoms. The second-order valence-corrected chi connectivity index (χ2v) is 8.81. The zero-order chi connectivity index (χ0) is 21.3. The van der Waals surface area contributed by atoms with E-state index in [2.05, 4.69) is 6.07 Å². The number of amides is 2. The minimum Gasteiger partial charge on any atom is -0.482 e. The van der Waals surface area contributed by atoms with Crippen molar-refractivity contribution in [3.8, 4) is 5.75 Å². The molecule has 2 heterocycles. The zero-order valence-corrected chi connectivity index (χ0v) is 17.8. The first-order chi connectivity index (χ1) is 14.3. The maximum Gasteiger partial charge on any atom is 0.410 e. The summed E-state index contributed by atoms with van der Waals surface area (Å²) >= 11 is 0. The van der Waals surface area contributed by atoms with Gasteiger partial charge in [-0.1, -0.05) is 30.3 Å². The van der Waals surface area contributed by atoms with Crippen molar-refractivity contribution in [2.75, 3.05) is 24.6 Å². The van der Waals surface area contributed by atoms with Crippen molar-refractivity contribution in [1.82, 2.24) is 4.90 Å². The summed E-state index contributed by atoms with van der Waals surface area (Å²) in [5.41, 5.74) is 3.68. The van der Waals surface area contributed by atoms with E-state index in [4.69, 9.17) is 9.47 Å². The third-order valence-corrected chi connectivity index (χ3v) is 5.36. The number of hydrogen-bond donors (Lipinski definition) is 0. The lowest BCUT2D eigenvalue weighted by Crippen LogP contribution is -2.38. The number of rotatable bonds is 2. The van der Waals surface area contributed by atoms with Crippen LogP contribution in [0.2, 0.25) is 0 Å². The highest BCUT2D eigenvalue weighted by atomic mass is 16.6. The first-order valence-electron chi connectivity index (χ1n) is 10.4. The Morgan fingerprint density at radius 3 is 2.40 bits per heavy atom. The summed E-state index contributed by atoms with van der Waals surface area (Å²) in [6.07, 6.45) is 1.17. The van der Waals surface area contributed by atoms with E-state index in [-0.39, 0.29) is 18.6 Å². The lowest BCUT2D eigenvalue weighted by molar-refractivity contribution is -0.121. The van der Waals surface area contributed by atoms with Gasteiger partial charge in [0.15, 0.2) is 6.61 Å². The predicted molar refractivity (Wildman–Crippen MR) is 115 cm³/mol. The molecule has 0 aromatic heterocycles. The van der Waals surface area contributed by atoms with E-state index < -0.39 is 5.60 Å². The summed E-state index contributed by atoms with van der Waals surface area (Å²) < 4.78 is 11.3. The fraction of sp³-hybridized carbons (Fsp3) is 0.417. The van der Waals surface area contributed by atoms with Gasteiger partial charge in [-0.3, -0.25) is 4.79 Å². The molecule has 0 N–H and O–H groups in total. The number of carbonyl (C=O) groups is 2. The largest absolute Gasteiger partial charge is 0.482 e. The molecule has 0 saturated carbocycles. The highest BCUT2D eigenvalue weighted by Gasteiger charge is 2.29. The normalized spacial score (nSPS) is 16.3. The summed E-state index contributed by atoms with van der Waals surface area (Å²) in [4.78, 5) is 28.7. The molecule has 0 radical (unpaired) electrons. The van der Waals surface area contributed by atoms with Gasteiger partial charge in [-0.15, -0.1) is 0 Å². The number of fused-ring (bicyclic) bond motifs is 2. The maximum atomic E-state index is 12.6. The van der Waals surface area contributed by atoms with Crippen LogP contribution in [0.5, 0.6) is 5.75 Å². The van der Waals surface area contributed by atoms with Gasteiger partial charge in [0, 0.05) is 13.1 Å². The molecule has 30 heavy (non-hydrogen) atoms. The first-order valence-corrected chi connectivity index (χ1v) is 10.4. The van der Waals surface area contributed by atoms with Gasteiger partial charge in [-0.2, -0.15) is 0 Å². The molecule has 4 rings (SSSR count). The number of benzene rings is 2. The highest BCUT2D eigenvalue weighted by Crippen LogP contribution is 2.37. The zero-order valence-electron chi connectivity index (χ0n) is 17.8. The average molecular weight is 408 g/mol. The van der Waals surface area contributed by atoms with Crippen LogP contribution in [0.15, 0.2) is 42.5 Å². The molecule has 2 aliphatic rings. The lowest BCUT2D eigenvalue weighted by Gasteiger charge is -2.30. The Kier molecular flexibility index (Phi) is 5.41. The Morgan fingerprint density at radius 2 is 1.73 bits per heavy atom.